The van der Waals surface area contributed by atoms with Crippen molar-refractivity contribution in [1.29, 1.82) is 0 Å². The second-order valence-corrected chi connectivity index (χ2v) is 11.0. The number of rotatable bonds is 8. The van der Waals surface area contributed by atoms with Gasteiger partial charge < -0.3 is 20.0 Å². The molecule has 0 saturated carbocycles. The van der Waals surface area contributed by atoms with Gasteiger partial charge in [0.05, 0.1) is 0 Å². The van der Waals surface area contributed by atoms with Crippen LogP contribution in [0.5, 0.6) is 0 Å². The summed E-state index contributed by atoms with van der Waals surface area (Å²) in [5, 5.41) is 3.06. The maximum atomic E-state index is 14.3. The SMILES string of the molecule is Cc1cc(C(=O)NCCCN2CCN(C)CC2)cc(C)c1N1C[C@@H](Cc2ccccc2F)C[C@@H](C)C1=O. The molecule has 37 heavy (non-hydrogen) atoms. The van der Waals surface area contributed by atoms with E-state index >= 15 is 0 Å². The third-order valence-electron chi connectivity index (χ3n) is 7.84. The van der Waals surface area contributed by atoms with Crippen LogP contribution in [0.1, 0.15) is 46.8 Å². The van der Waals surface area contributed by atoms with Crippen molar-refractivity contribution < 1.29 is 14.0 Å². The third kappa shape index (κ3) is 6.76. The summed E-state index contributed by atoms with van der Waals surface area (Å²) < 4.78 is 14.3. The number of anilines is 1. The molecule has 0 aliphatic carbocycles. The van der Waals surface area contributed by atoms with Crippen molar-refractivity contribution in [3.05, 3.63) is 64.5 Å². The maximum Gasteiger partial charge on any atom is 0.251 e. The van der Waals surface area contributed by atoms with Gasteiger partial charge in [-0.25, -0.2) is 4.39 Å². The number of carbonyl (C=O) groups excluding carboxylic acids is 2. The average molecular weight is 509 g/mol. The fraction of sp³-hybridized carbons (Fsp3) is 0.533. The minimum Gasteiger partial charge on any atom is -0.352 e. The van der Waals surface area contributed by atoms with Crippen LogP contribution in [0.3, 0.4) is 0 Å². The smallest absolute Gasteiger partial charge is 0.251 e. The van der Waals surface area contributed by atoms with Gasteiger partial charge in [-0.15, -0.1) is 0 Å². The minimum atomic E-state index is -0.190. The Balaban J connectivity index is 1.39. The highest BCUT2D eigenvalue weighted by Gasteiger charge is 2.34. The van der Waals surface area contributed by atoms with E-state index in [0.29, 0.717) is 30.6 Å². The first-order valence-corrected chi connectivity index (χ1v) is 13.6. The van der Waals surface area contributed by atoms with Gasteiger partial charge in [0, 0.05) is 56.4 Å². The standard InChI is InChI=1S/C30H41FN4O2/c1-21-17-26(29(36)32-10-7-11-34-14-12-33(4)13-15-34)18-22(2)28(21)35-20-24(16-23(3)30(35)37)19-25-8-5-6-9-27(25)31/h5-6,8-9,17-18,23-24H,7,10-16,19-20H2,1-4H3,(H,32,36)/t23-,24-/m1/s1. The topological polar surface area (TPSA) is 55.9 Å². The fourth-order valence-corrected chi connectivity index (χ4v) is 5.80. The number of nitrogens with one attached hydrogen (secondary N) is 1. The number of carbonyl (C=O) groups is 2. The molecule has 0 bridgehead atoms. The zero-order valence-corrected chi connectivity index (χ0v) is 22.7. The molecular weight excluding hydrogens is 467 g/mol. The molecule has 2 aliphatic rings. The lowest BCUT2D eigenvalue weighted by Gasteiger charge is -2.38. The average Bonchev–Trinajstić information content (AvgIpc) is 2.86. The third-order valence-corrected chi connectivity index (χ3v) is 7.84. The van der Waals surface area contributed by atoms with Crippen LogP contribution in [-0.4, -0.2) is 74.5 Å². The summed E-state index contributed by atoms with van der Waals surface area (Å²) in [7, 11) is 2.15. The lowest BCUT2D eigenvalue weighted by Crippen LogP contribution is -2.46. The second kappa shape index (κ2) is 12.2. The summed E-state index contributed by atoms with van der Waals surface area (Å²) in [6, 6.07) is 10.7. The zero-order valence-electron chi connectivity index (χ0n) is 22.7. The Labute approximate surface area is 220 Å². The lowest BCUT2D eigenvalue weighted by atomic mass is 9.84. The molecule has 0 aromatic heterocycles. The minimum absolute atomic E-state index is 0.0769. The van der Waals surface area contributed by atoms with E-state index in [1.54, 1.807) is 6.07 Å². The predicted molar refractivity (Wildman–Crippen MR) is 147 cm³/mol. The number of amides is 2. The number of nitrogens with zero attached hydrogens (tertiary/aromatic N) is 3. The molecule has 2 atom stereocenters. The summed E-state index contributed by atoms with van der Waals surface area (Å²) in [6.45, 7) is 12.4. The van der Waals surface area contributed by atoms with Gasteiger partial charge in [-0.1, -0.05) is 25.1 Å². The van der Waals surface area contributed by atoms with Gasteiger partial charge >= 0.3 is 0 Å². The summed E-state index contributed by atoms with van der Waals surface area (Å²) in [4.78, 5) is 32.7. The molecule has 0 radical (unpaired) electrons. The van der Waals surface area contributed by atoms with Gasteiger partial charge in [-0.2, -0.15) is 0 Å². The van der Waals surface area contributed by atoms with Gasteiger partial charge in [0.2, 0.25) is 5.91 Å². The molecule has 2 fully saturated rings. The van der Waals surface area contributed by atoms with E-state index in [-0.39, 0.29) is 29.5 Å². The van der Waals surface area contributed by atoms with Crippen LogP contribution in [0.25, 0.3) is 0 Å². The lowest BCUT2D eigenvalue weighted by molar-refractivity contribution is -0.124. The Morgan fingerprint density at radius 1 is 1.08 bits per heavy atom. The summed E-state index contributed by atoms with van der Waals surface area (Å²) in [6.07, 6.45) is 2.28. The van der Waals surface area contributed by atoms with Crippen LogP contribution < -0.4 is 10.2 Å². The van der Waals surface area contributed by atoms with Crippen molar-refractivity contribution in [3.63, 3.8) is 0 Å². The molecule has 1 N–H and O–H groups in total. The Kier molecular flexibility index (Phi) is 8.98. The van der Waals surface area contributed by atoms with Crippen LogP contribution in [0, 0.1) is 31.5 Å². The van der Waals surface area contributed by atoms with Crippen LogP contribution in [0.4, 0.5) is 10.1 Å². The van der Waals surface area contributed by atoms with E-state index in [1.165, 1.54) is 6.07 Å². The van der Waals surface area contributed by atoms with Crippen molar-refractivity contribution in [2.75, 3.05) is 57.8 Å². The molecule has 200 valence electrons. The fourth-order valence-electron chi connectivity index (χ4n) is 5.80. The predicted octanol–water partition coefficient (Wildman–Crippen LogP) is 4.04. The number of halogens is 1. The van der Waals surface area contributed by atoms with Crippen LogP contribution in [0.15, 0.2) is 36.4 Å². The molecule has 4 rings (SSSR count). The molecule has 2 aromatic carbocycles. The first-order chi connectivity index (χ1) is 17.7. The number of likely N-dealkylation sites (N-methyl/N-ethyl adjacent to an activating group) is 1. The van der Waals surface area contributed by atoms with E-state index < -0.39 is 0 Å². The normalized spacial score (nSPS) is 21.3. The second-order valence-electron chi connectivity index (χ2n) is 11.0. The number of piperazine rings is 1. The van der Waals surface area contributed by atoms with Crippen LogP contribution in [0.2, 0.25) is 0 Å². The van der Waals surface area contributed by atoms with E-state index in [1.807, 2.05) is 49.9 Å². The monoisotopic (exact) mass is 508 g/mol. The number of benzene rings is 2. The molecule has 2 amide bonds. The highest BCUT2D eigenvalue weighted by atomic mass is 19.1. The van der Waals surface area contributed by atoms with Gasteiger partial charge in [-0.05, 0) is 87.5 Å². The number of aryl methyl sites for hydroxylation is 2. The van der Waals surface area contributed by atoms with Crippen LogP contribution in [-0.2, 0) is 11.2 Å². The molecule has 2 aliphatic heterocycles. The van der Waals surface area contributed by atoms with Crippen molar-refractivity contribution in [3.8, 4) is 0 Å². The summed E-state index contributed by atoms with van der Waals surface area (Å²) in [5.74, 6) is -0.131. The van der Waals surface area contributed by atoms with Gasteiger partial charge in [0.1, 0.15) is 5.82 Å². The molecule has 2 heterocycles. The number of hydrogen-bond acceptors (Lipinski definition) is 4. The Morgan fingerprint density at radius 2 is 1.76 bits per heavy atom. The molecule has 2 saturated heterocycles. The maximum absolute atomic E-state index is 14.3. The summed E-state index contributed by atoms with van der Waals surface area (Å²) in [5.41, 5.74) is 4.02. The van der Waals surface area contributed by atoms with Gasteiger partial charge in [0.25, 0.3) is 5.91 Å². The molecule has 7 heteroatoms. The molecule has 0 unspecified atom stereocenters. The molecule has 0 spiro atoms. The molecule has 6 nitrogen and oxygen atoms in total. The van der Waals surface area contributed by atoms with E-state index in [4.69, 9.17) is 0 Å². The highest BCUT2D eigenvalue weighted by Crippen LogP contribution is 2.34. The molecule has 2 aromatic rings. The van der Waals surface area contributed by atoms with E-state index in [2.05, 4.69) is 22.2 Å². The first-order valence-electron chi connectivity index (χ1n) is 13.6. The number of piperidine rings is 1. The largest absolute Gasteiger partial charge is 0.352 e. The van der Waals surface area contributed by atoms with Crippen molar-refractivity contribution in [2.45, 2.75) is 40.0 Å². The van der Waals surface area contributed by atoms with Crippen molar-refractivity contribution in [2.24, 2.45) is 11.8 Å². The van der Waals surface area contributed by atoms with Crippen molar-refractivity contribution in [1.82, 2.24) is 15.1 Å². The van der Waals surface area contributed by atoms with Crippen LogP contribution >= 0.6 is 0 Å². The van der Waals surface area contributed by atoms with E-state index in [0.717, 1.165) is 62.4 Å². The summed E-state index contributed by atoms with van der Waals surface area (Å²) >= 11 is 0. The van der Waals surface area contributed by atoms with Crippen molar-refractivity contribution >= 4 is 17.5 Å². The van der Waals surface area contributed by atoms with E-state index in [9.17, 15) is 14.0 Å². The Bertz CT molecular complexity index is 1090. The number of hydrogen-bond donors (Lipinski definition) is 1. The van der Waals surface area contributed by atoms with Gasteiger partial charge in [-0.3, -0.25) is 9.59 Å². The highest BCUT2D eigenvalue weighted by molar-refractivity contribution is 5.99. The van der Waals surface area contributed by atoms with Gasteiger partial charge in [0.15, 0.2) is 0 Å². The first kappa shape index (κ1) is 27.3. The Hall–Kier alpha value is -2.77. The molecular formula is C30H41FN4O2. The zero-order chi connectivity index (χ0) is 26.5. The Morgan fingerprint density at radius 3 is 2.43 bits per heavy atom. The quantitative estimate of drug-likeness (QED) is 0.547.